The molecule has 1 aliphatic carbocycles. The van der Waals surface area contributed by atoms with Gasteiger partial charge < -0.3 is 10.2 Å². The van der Waals surface area contributed by atoms with E-state index in [4.69, 9.17) is 0 Å². The molecule has 1 aliphatic rings. The highest BCUT2D eigenvalue weighted by atomic mass is 32.2. The molecule has 0 radical (unpaired) electrons. The minimum absolute atomic E-state index is 0.0954. The Balaban J connectivity index is 2.09. The summed E-state index contributed by atoms with van der Waals surface area (Å²) in [5, 5.41) is 20.3. The normalized spacial score (nSPS) is 17.2. The highest BCUT2D eigenvalue weighted by molar-refractivity contribution is 7.98. The van der Waals surface area contributed by atoms with Crippen LogP contribution >= 0.6 is 11.8 Å². The molecular formula is C16H17NO2S. The molecular weight excluding hydrogens is 270 g/mol. The van der Waals surface area contributed by atoms with Crippen LogP contribution in [0.25, 0.3) is 6.08 Å². The number of hydrogen-bond donors (Lipinski definition) is 2. The summed E-state index contributed by atoms with van der Waals surface area (Å²) < 4.78 is 1.43. The van der Waals surface area contributed by atoms with Crippen LogP contribution in [-0.4, -0.2) is 21.0 Å². The fourth-order valence-corrected chi connectivity index (χ4v) is 3.20. The Morgan fingerprint density at radius 2 is 1.85 bits per heavy atom. The second-order valence-corrected chi connectivity index (χ2v) is 5.88. The maximum Gasteiger partial charge on any atom is 0.201 e. The number of aromatic hydroxyl groups is 2. The minimum Gasteiger partial charge on any atom is -0.494 e. The summed E-state index contributed by atoms with van der Waals surface area (Å²) in [7, 11) is 1.67. The van der Waals surface area contributed by atoms with Crippen LogP contribution in [0.4, 0.5) is 0 Å². The number of benzene rings is 1. The van der Waals surface area contributed by atoms with Gasteiger partial charge >= 0.3 is 0 Å². The lowest BCUT2D eigenvalue weighted by molar-refractivity contribution is 0.384. The Morgan fingerprint density at radius 3 is 2.50 bits per heavy atom. The second-order valence-electron chi connectivity index (χ2n) is 5.00. The van der Waals surface area contributed by atoms with Gasteiger partial charge in [0.1, 0.15) is 0 Å². The third kappa shape index (κ3) is 1.91. The fraction of sp³-hybridized carbons (Fsp3) is 0.250. The first-order chi connectivity index (χ1) is 9.63. The molecule has 0 spiro atoms. The Labute approximate surface area is 122 Å². The Hall–Kier alpha value is -1.81. The highest BCUT2D eigenvalue weighted by Crippen LogP contribution is 2.45. The number of hydrogen-bond acceptors (Lipinski definition) is 3. The Bertz CT molecular complexity index is 671. The molecule has 0 fully saturated rings. The maximum absolute atomic E-state index is 10.3. The first-order valence-corrected chi connectivity index (χ1v) is 7.77. The zero-order valence-corrected chi connectivity index (χ0v) is 12.3. The molecule has 0 saturated carbocycles. The van der Waals surface area contributed by atoms with Crippen molar-refractivity contribution in [1.82, 2.24) is 4.57 Å². The molecule has 0 bridgehead atoms. The molecule has 2 aromatic rings. The second kappa shape index (κ2) is 4.94. The third-order valence-corrected chi connectivity index (χ3v) is 4.67. The van der Waals surface area contributed by atoms with Crippen molar-refractivity contribution in [1.29, 1.82) is 0 Å². The van der Waals surface area contributed by atoms with E-state index in [9.17, 15) is 10.2 Å². The van der Waals surface area contributed by atoms with Gasteiger partial charge in [-0.05, 0) is 30.4 Å². The standard InChI is InChI=1S/C16H17NO2S/c1-17-15(18)13-5-3-4-12(14(13)16(17)19)10-6-8-11(20-2)9-7-10/h3,5-9,12,18-19H,4H2,1-2H3/t12-/m1/s1. The molecule has 4 heteroatoms. The van der Waals surface area contributed by atoms with Crippen LogP contribution in [0.1, 0.15) is 29.0 Å². The smallest absolute Gasteiger partial charge is 0.201 e. The summed E-state index contributed by atoms with van der Waals surface area (Å²) in [6.45, 7) is 0. The van der Waals surface area contributed by atoms with Crippen LogP contribution in [0, 0.1) is 0 Å². The molecule has 1 aromatic carbocycles. The molecule has 0 saturated heterocycles. The van der Waals surface area contributed by atoms with Gasteiger partial charge in [-0.2, -0.15) is 0 Å². The van der Waals surface area contributed by atoms with Gasteiger partial charge in [0.05, 0.1) is 0 Å². The first-order valence-electron chi connectivity index (χ1n) is 6.54. The molecule has 3 rings (SSSR count). The predicted molar refractivity (Wildman–Crippen MR) is 82.5 cm³/mol. The topological polar surface area (TPSA) is 45.4 Å². The van der Waals surface area contributed by atoms with E-state index in [0.29, 0.717) is 0 Å². The molecule has 1 atom stereocenters. The predicted octanol–water partition coefficient (Wildman–Crippen LogP) is 3.71. The van der Waals surface area contributed by atoms with Crippen LogP contribution in [-0.2, 0) is 7.05 Å². The maximum atomic E-state index is 10.3. The number of allylic oxidation sites excluding steroid dienone is 1. The summed E-state index contributed by atoms with van der Waals surface area (Å²) in [5.41, 5.74) is 2.72. The van der Waals surface area contributed by atoms with Gasteiger partial charge in [-0.1, -0.05) is 24.3 Å². The molecule has 20 heavy (non-hydrogen) atoms. The lowest BCUT2D eigenvalue weighted by Crippen LogP contribution is -2.04. The number of thioether (sulfide) groups is 1. The van der Waals surface area contributed by atoms with E-state index in [-0.39, 0.29) is 17.7 Å². The lowest BCUT2D eigenvalue weighted by Gasteiger charge is -2.19. The van der Waals surface area contributed by atoms with Crippen LogP contribution in [0.2, 0.25) is 0 Å². The fourth-order valence-electron chi connectivity index (χ4n) is 2.79. The van der Waals surface area contributed by atoms with Gasteiger partial charge in [-0.3, -0.25) is 4.57 Å². The van der Waals surface area contributed by atoms with Gasteiger partial charge in [0.15, 0.2) is 5.88 Å². The number of fused-ring (bicyclic) bond motifs is 1. The van der Waals surface area contributed by atoms with Crippen molar-refractivity contribution in [3.63, 3.8) is 0 Å². The molecule has 104 valence electrons. The zero-order valence-electron chi connectivity index (χ0n) is 11.5. The zero-order chi connectivity index (χ0) is 14.3. The van der Waals surface area contributed by atoms with E-state index in [1.54, 1.807) is 18.8 Å². The molecule has 0 unspecified atom stereocenters. The van der Waals surface area contributed by atoms with Crippen molar-refractivity contribution in [2.24, 2.45) is 7.05 Å². The van der Waals surface area contributed by atoms with E-state index in [0.717, 1.165) is 23.1 Å². The summed E-state index contributed by atoms with van der Waals surface area (Å²) >= 11 is 1.71. The van der Waals surface area contributed by atoms with E-state index in [1.807, 2.05) is 6.08 Å². The van der Waals surface area contributed by atoms with Gasteiger partial charge in [0, 0.05) is 29.0 Å². The Kier molecular flexibility index (Phi) is 3.26. The largest absolute Gasteiger partial charge is 0.494 e. The van der Waals surface area contributed by atoms with Crippen molar-refractivity contribution in [2.45, 2.75) is 17.2 Å². The quantitative estimate of drug-likeness (QED) is 0.828. The molecule has 2 N–H and O–H groups in total. The summed E-state index contributed by atoms with van der Waals surface area (Å²) in [6.07, 6.45) is 6.83. The number of aromatic nitrogens is 1. The van der Waals surface area contributed by atoms with Crippen LogP contribution in [0.15, 0.2) is 35.2 Å². The van der Waals surface area contributed by atoms with Gasteiger partial charge in [-0.15, -0.1) is 11.8 Å². The summed E-state index contributed by atoms with van der Waals surface area (Å²) in [4.78, 5) is 1.22. The van der Waals surface area contributed by atoms with Gasteiger partial charge in [0.2, 0.25) is 5.88 Å². The van der Waals surface area contributed by atoms with Gasteiger partial charge in [0.25, 0.3) is 0 Å². The molecule has 1 aromatic heterocycles. The Morgan fingerprint density at radius 1 is 1.15 bits per heavy atom. The molecule has 0 aliphatic heterocycles. The molecule has 3 nitrogen and oxygen atoms in total. The number of nitrogens with zero attached hydrogens (tertiary/aromatic N) is 1. The van der Waals surface area contributed by atoms with Gasteiger partial charge in [-0.25, -0.2) is 0 Å². The third-order valence-electron chi connectivity index (χ3n) is 3.93. The van der Waals surface area contributed by atoms with E-state index in [2.05, 4.69) is 36.6 Å². The van der Waals surface area contributed by atoms with Crippen molar-refractivity contribution in [2.75, 3.05) is 6.26 Å². The SMILES string of the molecule is CSc1ccc([C@H]2CC=Cc3c2c(O)n(C)c3O)cc1. The van der Waals surface area contributed by atoms with Crippen LogP contribution in [0.5, 0.6) is 11.8 Å². The lowest BCUT2D eigenvalue weighted by atomic mass is 9.84. The summed E-state index contributed by atoms with van der Waals surface area (Å²) in [5.74, 6) is 0.373. The van der Waals surface area contributed by atoms with Crippen molar-refractivity contribution < 1.29 is 10.2 Å². The van der Waals surface area contributed by atoms with Crippen LogP contribution in [0.3, 0.4) is 0 Å². The highest BCUT2D eigenvalue weighted by Gasteiger charge is 2.28. The summed E-state index contributed by atoms with van der Waals surface area (Å²) in [6, 6.07) is 8.39. The molecule has 0 amide bonds. The van der Waals surface area contributed by atoms with Crippen LogP contribution < -0.4 is 0 Å². The number of rotatable bonds is 2. The van der Waals surface area contributed by atoms with Crippen molar-refractivity contribution in [3.8, 4) is 11.8 Å². The average Bonchev–Trinajstić information content (AvgIpc) is 2.72. The molecule has 1 heterocycles. The minimum atomic E-state index is 0.0954. The average molecular weight is 287 g/mol. The first kappa shape index (κ1) is 13.2. The van der Waals surface area contributed by atoms with Crippen molar-refractivity contribution in [3.05, 3.63) is 47.0 Å². The van der Waals surface area contributed by atoms with Crippen molar-refractivity contribution >= 4 is 17.8 Å². The monoisotopic (exact) mass is 287 g/mol. The van der Waals surface area contributed by atoms with E-state index >= 15 is 0 Å². The van der Waals surface area contributed by atoms with E-state index in [1.165, 1.54) is 9.46 Å². The van der Waals surface area contributed by atoms with E-state index < -0.39 is 0 Å².